The lowest BCUT2D eigenvalue weighted by atomic mass is 10.2. The number of rotatable bonds is 1. The van der Waals surface area contributed by atoms with E-state index in [4.69, 9.17) is 16.7 Å². The third kappa shape index (κ3) is 1.61. The minimum absolute atomic E-state index is 0.0670. The monoisotopic (exact) mass is 194 g/mol. The molecule has 0 aliphatic rings. The van der Waals surface area contributed by atoms with E-state index in [1.165, 1.54) is 0 Å². The largest absolute Gasteiger partial charge is 0.390 e. The van der Waals surface area contributed by atoms with Crippen molar-refractivity contribution in [2.45, 2.75) is 6.61 Å². The summed E-state index contributed by atoms with van der Waals surface area (Å²) in [5.74, 6) is 0. The van der Waals surface area contributed by atoms with Crippen molar-refractivity contribution in [3.63, 3.8) is 0 Å². The van der Waals surface area contributed by atoms with Gasteiger partial charge in [0.15, 0.2) is 0 Å². The van der Waals surface area contributed by atoms with Gasteiger partial charge in [-0.3, -0.25) is 9.97 Å². The summed E-state index contributed by atoms with van der Waals surface area (Å²) in [6.07, 6.45) is 3.20. The lowest BCUT2D eigenvalue weighted by Crippen LogP contribution is -1.89. The Bertz CT molecular complexity index is 445. The first-order valence-electron chi connectivity index (χ1n) is 3.80. The number of aliphatic hydroxyl groups excluding tert-OH is 1. The van der Waals surface area contributed by atoms with E-state index >= 15 is 0 Å². The topological polar surface area (TPSA) is 46.0 Å². The van der Waals surface area contributed by atoms with E-state index in [1.54, 1.807) is 24.5 Å². The first-order chi connectivity index (χ1) is 6.29. The van der Waals surface area contributed by atoms with Crippen LogP contribution in [0.3, 0.4) is 0 Å². The molecule has 2 heterocycles. The van der Waals surface area contributed by atoms with Crippen LogP contribution in [0.5, 0.6) is 0 Å². The Morgan fingerprint density at radius 2 is 2.08 bits per heavy atom. The zero-order chi connectivity index (χ0) is 9.26. The van der Waals surface area contributed by atoms with Crippen LogP contribution < -0.4 is 0 Å². The predicted molar refractivity (Wildman–Crippen MR) is 50.5 cm³/mol. The van der Waals surface area contributed by atoms with Gasteiger partial charge in [0.05, 0.1) is 29.0 Å². The first kappa shape index (κ1) is 8.41. The number of nitrogens with zero attached hydrogens (tertiary/aromatic N) is 2. The number of pyridine rings is 2. The third-order valence-electron chi connectivity index (χ3n) is 1.75. The molecule has 0 atom stereocenters. The zero-order valence-electron chi connectivity index (χ0n) is 6.74. The molecular formula is C9H7ClN2O. The van der Waals surface area contributed by atoms with Crippen molar-refractivity contribution in [3.8, 4) is 0 Å². The van der Waals surface area contributed by atoms with Crippen molar-refractivity contribution < 1.29 is 5.11 Å². The van der Waals surface area contributed by atoms with Crippen LogP contribution in [0.2, 0.25) is 5.02 Å². The summed E-state index contributed by atoms with van der Waals surface area (Å²) in [6.45, 7) is -0.0670. The Morgan fingerprint density at radius 1 is 1.23 bits per heavy atom. The minimum Gasteiger partial charge on any atom is -0.390 e. The molecule has 0 aromatic carbocycles. The SMILES string of the molecule is OCc1cc2cc(Cl)cnc2cn1. The molecule has 0 radical (unpaired) electrons. The highest BCUT2D eigenvalue weighted by atomic mass is 35.5. The Kier molecular flexibility index (Phi) is 2.12. The van der Waals surface area contributed by atoms with Gasteiger partial charge in [-0.25, -0.2) is 0 Å². The lowest BCUT2D eigenvalue weighted by molar-refractivity contribution is 0.277. The molecule has 2 aromatic heterocycles. The van der Waals surface area contributed by atoms with Gasteiger partial charge >= 0.3 is 0 Å². The summed E-state index contributed by atoms with van der Waals surface area (Å²) in [4.78, 5) is 8.08. The maximum absolute atomic E-state index is 8.85. The number of aliphatic hydroxyl groups is 1. The van der Waals surface area contributed by atoms with E-state index in [9.17, 15) is 0 Å². The normalized spacial score (nSPS) is 10.6. The van der Waals surface area contributed by atoms with Crippen molar-refractivity contribution >= 4 is 22.5 Å². The Labute approximate surface area is 80.0 Å². The zero-order valence-corrected chi connectivity index (χ0v) is 7.49. The second-order valence-electron chi connectivity index (χ2n) is 2.68. The van der Waals surface area contributed by atoms with Crippen LogP contribution in [0, 0.1) is 0 Å². The van der Waals surface area contributed by atoms with Crippen LogP contribution in [0.25, 0.3) is 10.9 Å². The summed E-state index contributed by atoms with van der Waals surface area (Å²) in [5, 5.41) is 10.3. The highest BCUT2D eigenvalue weighted by Gasteiger charge is 1.98. The molecule has 13 heavy (non-hydrogen) atoms. The number of fused-ring (bicyclic) bond motifs is 1. The fraction of sp³-hybridized carbons (Fsp3) is 0.111. The number of hydrogen-bond acceptors (Lipinski definition) is 3. The molecular weight excluding hydrogens is 188 g/mol. The molecule has 0 fully saturated rings. The van der Waals surface area contributed by atoms with E-state index in [1.807, 2.05) is 0 Å². The summed E-state index contributed by atoms with van der Waals surface area (Å²) in [7, 11) is 0. The second-order valence-corrected chi connectivity index (χ2v) is 3.12. The van der Waals surface area contributed by atoms with E-state index < -0.39 is 0 Å². The third-order valence-corrected chi connectivity index (χ3v) is 1.96. The number of halogens is 1. The summed E-state index contributed by atoms with van der Waals surface area (Å²) in [6, 6.07) is 3.57. The van der Waals surface area contributed by atoms with E-state index in [0.29, 0.717) is 10.7 Å². The van der Waals surface area contributed by atoms with Crippen molar-refractivity contribution in [1.29, 1.82) is 0 Å². The molecule has 0 saturated carbocycles. The van der Waals surface area contributed by atoms with E-state index in [2.05, 4.69) is 9.97 Å². The smallest absolute Gasteiger partial charge is 0.0886 e. The van der Waals surface area contributed by atoms with Crippen LogP contribution in [0.1, 0.15) is 5.69 Å². The molecule has 3 nitrogen and oxygen atoms in total. The molecule has 0 unspecified atom stereocenters. The molecule has 0 spiro atoms. The Morgan fingerprint density at radius 3 is 2.85 bits per heavy atom. The molecule has 0 aliphatic carbocycles. The maximum atomic E-state index is 8.85. The van der Waals surface area contributed by atoms with Crippen LogP contribution in [-0.4, -0.2) is 15.1 Å². The fourth-order valence-corrected chi connectivity index (χ4v) is 1.30. The van der Waals surface area contributed by atoms with Crippen LogP contribution in [0.4, 0.5) is 0 Å². The molecule has 66 valence electrons. The van der Waals surface area contributed by atoms with Gasteiger partial charge in [-0.2, -0.15) is 0 Å². The number of aromatic nitrogens is 2. The molecule has 0 amide bonds. The summed E-state index contributed by atoms with van der Waals surface area (Å²) >= 11 is 5.77. The lowest BCUT2D eigenvalue weighted by Gasteiger charge is -1.99. The first-order valence-corrected chi connectivity index (χ1v) is 4.18. The average Bonchev–Trinajstić information content (AvgIpc) is 2.16. The molecule has 0 saturated heterocycles. The highest BCUT2D eigenvalue weighted by Crippen LogP contribution is 2.16. The minimum atomic E-state index is -0.0670. The predicted octanol–water partition coefficient (Wildman–Crippen LogP) is 1.78. The standard InChI is InChI=1S/C9H7ClN2O/c10-7-1-6-2-8(5-13)11-4-9(6)12-3-7/h1-4,13H,5H2. The van der Waals surface area contributed by atoms with Crippen LogP contribution >= 0.6 is 11.6 Å². The van der Waals surface area contributed by atoms with Gasteiger partial charge in [0, 0.05) is 11.6 Å². The molecule has 1 N–H and O–H groups in total. The van der Waals surface area contributed by atoms with Gasteiger partial charge in [-0.05, 0) is 12.1 Å². The molecule has 0 bridgehead atoms. The van der Waals surface area contributed by atoms with Crippen LogP contribution in [-0.2, 0) is 6.61 Å². The molecule has 2 rings (SSSR count). The van der Waals surface area contributed by atoms with Gasteiger partial charge in [0.25, 0.3) is 0 Å². The summed E-state index contributed by atoms with van der Waals surface area (Å²) < 4.78 is 0. The average molecular weight is 195 g/mol. The van der Waals surface area contributed by atoms with Gasteiger partial charge in [0.1, 0.15) is 0 Å². The van der Waals surface area contributed by atoms with Crippen LogP contribution in [0.15, 0.2) is 24.5 Å². The Balaban J connectivity index is 2.68. The second kappa shape index (κ2) is 3.28. The van der Waals surface area contributed by atoms with Crippen molar-refractivity contribution in [2.75, 3.05) is 0 Å². The summed E-state index contributed by atoms with van der Waals surface area (Å²) in [5.41, 5.74) is 1.40. The molecule has 0 aliphatic heterocycles. The Hall–Kier alpha value is -1.19. The van der Waals surface area contributed by atoms with Crippen molar-refractivity contribution in [1.82, 2.24) is 9.97 Å². The van der Waals surface area contributed by atoms with Gasteiger partial charge in [0.2, 0.25) is 0 Å². The van der Waals surface area contributed by atoms with Crippen molar-refractivity contribution in [2.24, 2.45) is 0 Å². The fourth-order valence-electron chi connectivity index (χ4n) is 1.14. The quantitative estimate of drug-likeness (QED) is 0.753. The van der Waals surface area contributed by atoms with Gasteiger partial charge < -0.3 is 5.11 Å². The van der Waals surface area contributed by atoms with Crippen molar-refractivity contribution in [3.05, 3.63) is 35.2 Å². The van der Waals surface area contributed by atoms with Gasteiger partial charge in [-0.1, -0.05) is 11.6 Å². The number of hydrogen-bond donors (Lipinski definition) is 1. The van der Waals surface area contributed by atoms with E-state index in [0.717, 1.165) is 10.9 Å². The van der Waals surface area contributed by atoms with Gasteiger partial charge in [-0.15, -0.1) is 0 Å². The molecule has 4 heteroatoms. The maximum Gasteiger partial charge on any atom is 0.0886 e. The molecule has 2 aromatic rings. The highest BCUT2D eigenvalue weighted by molar-refractivity contribution is 6.31. The van der Waals surface area contributed by atoms with E-state index in [-0.39, 0.29) is 6.61 Å².